The number of amides is 3. The fourth-order valence-electron chi connectivity index (χ4n) is 4.21. The molecule has 37 heavy (non-hydrogen) atoms. The van der Waals surface area contributed by atoms with Crippen LogP contribution in [0, 0.1) is 0 Å². The zero-order valence-corrected chi connectivity index (χ0v) is 23.1. The average molecular weight is 562 g/mol. The minimum Gasteiger partial charge on any atom is -0.486 e. The maximum atomic E-state index is 12.9. The lowest BCUT2D eigenvalue weighted by atomic mass is 9.90. The number of thiazole rings is 1. The molecule has 1 fully saturated rings. The number of carbonyl (C=O) groups excluding carboxylic acids is 2. The predicted octanol–water partition coefficient (Wildman–Crippen LogP) is 7.02. The van der Waals surface area contributed by atoms with Crippen molar-refractivity contribution >= 4 is 52.2 Å². The summed E-state index contributed by atoms with van der Waals surface area (Å²) in [5, 5.41) is 12.1. The summed E-state index contributed by atoms with van der Waals surface area (Å²) >= 11 is 13.5. The first-order valence-corrected chi connectivity index (χ1v) is 13.9. The van der Waals surface area contributed by atoms with E-state index in [2.05, 4.69) is 46.9 Å². The number of rotatable bonds is 8. The van der Waals surface area contributed by atoms with Crippen LogP contribution < -0.4 is 20.7 Å². The third-order valence-corrected chi connectivity index (χ3v) is 7.64. The van der Waals surface area contributed by atoms with Gasteiger partial charge in [-0.15, -0.1) is 11.3 Å². The lowest BCUT2D eigenvalue weighted by Crippen LogP contribution is -2.54. The van der Waals surface area contributed by atoms with Crippen LogP contribution in [0.5, 0.6) is 5.75 Å². The third kappa shape index (κ3) is 7.60. The fourth-order valence-corrected chi connectivity index (χ4v) is 5.35. The summed E-state index contributed by atoms with van der Waals surface area (Å²) in [6.07, 6.45) is 3.47. The summed E-state index contributed by atoms with van der Waals surface area (Å²) in [5.74, 6) is 0.966. The van der Waals surface area contributed by atoms with E-state index in [1.54, 1.807) is 23.6 Å². The van der Waals surface area contributed by atoms with E-state index in [1.165, 1.54) is 16.9 Å². The summed E-state index contributed by atoms with van der Waals surface area (Å²) in [5.41, 5.74) is 2.07. The number of hydrogen-bond donors (Lipinski definition) is 3. The molecule has 0 bridgehead atoms. The van der Waals surface area contributed by atoms with Gasteiger partial charge in [0.2, 0.25) is 0 Å². The first-order chi connectivity index (χ1) is 17.8. The number of anilines is 1. The second kappa shape index (κ2) is 12.6. The molecule has 4 rings (SSSR count). The largest absolute Gasteiger partial charge is 0.486 e. The normalized spacial score (nSPS) is 17.3. The van der Waals surface area contributed by atoms with Crippen LogP contribution in [-0.4, -0.2) is 29.0 Å². The highest BCUT2D eigenvalue weighted by molar-refractivity contribution is 7.09. The van der Waals surface area contributed by atoms with Crippen LogP contribution in [0.1, 0.15) is 66.5 Å². The Morgan fingerprint density at radius 1 is 1.05 bits per heavy atom. The predicted molar refractivity (Wildman–Crippen MR) is 149 cm³/mol. The summed E-state index contributed by atoms with van der Waals surface area (Å²) in [6, 6.07) is 12.1. The van der Waals surface area contributed by atoms with E-state index in [0.29, 0.717) is 34.0 Å². The van der Waals surface area contributed by atoms with E-state index in [1.807, 2.05) is 12.1 Å². The van der Waals surface area contributed by atoms with Crippen LogP contribution in [-0.2, 0) is 6.61 Å². The molecule has 7 nitrogen and oxygen atoms in total. The number of benzene rings is 2. The molecular weight excluding hydrogens is 531 g/mol. The van der Waals surface area contributed by atoms with Crippen molar-refractivity contribution in [2.45, 2.75) is 64.1 Å². The Morgan fingerprint density at radius 2 is 1.76 bits per heavy atom. The third-order valence-electron chi connectivity index (χ3n) is 6.27. The highest BCUT2D eigenvalue weighted by Gasteiger charge is 2.29. The Balaban J connectivity index is 1.30. The van der Waals surface area contributed by atoms with E-state index in [4.69, 9.17) is 27.9 Å². The van der Waals surface area contributed by atoms with Crippen molar-refractivity contribution < 1.29 is 14.3 Å². The Kier molecular flexibility index (Phi) is 9.29. The molecule has 1 aliphatic carbocycles. The molecule has 1 saturated carbocycles. The summed E-state index contributed by atoms with van der Waals surface area (Å²) in [6.45, 7) is 4.59. The maximum absolute atomic E-state index is 12.9. The van der Waals surface area contributed by atoms with Gasteiger partial charge in [0, 0.05) is 16.4 Å². The van der Waals surface area contributed by atoms with Crippen molar-refractivity contribution in [3.8, 4) is 5.75 Å². The smallest absolute Gasteiger partial charge is 0.319 e. The summed E-state index contributed by atoms with van der Waals surface area (Å²) in [7, 11) is 0. The number of aromatic nitrogens is 1. The van der Waals surface area contributed by atoms with Crippen LogP contribution in [0.4, 0.5) is 10.5 Å². The van der Waals surface area contributed by atoms with Crippen molar-refractivity contribution in [3.05, 3.63) is 74.2 Å². The molecule has 1 heterocycles. The molecule has 1 aliphatic rings. The van der Waals surface area contributed by atoms with Crippen molar-refractivity contribution in [1.82, 2.24) is 15.6 Å². The van der Waals surface area contributed by atoms with Gasteiger partial charge in [0.05, 0.1) is 16.8 Å². The highest BCUT2D eigenvalue weighted by Crippen LogP contribution is 2.26. The molecule has 10 heteroatoms. The van der Waals surface area contributed by atoms with Crippen molar-refractivity contribution in [2.75, 3.05) is 5.32 Å². The minimum absolute atomic E-state index is 0.200. The SMILES string of the molecule is CC(C)c1ccc(OCc2nc(C(=O)NC3CCCCC3NC(=O)Nc3ccc(Cl)cc3Cl)cs2)cc1. The lowest BCUT2D eigenvalue weighted by Gasteiger charge is -2.32. The molecule has 0 aliphatic heterocycles. The standard InChI is InChI=1S/C27H30Cl2N4O3S/c1-16(2)17-7-10-19(11-8-17)36-14-25-30-24(15-37-25)26(34)31-22-5-3-4-6-23(22)33-27(35)32-21-12-9-18(28)13-20(21)29/h7-13,15-16,22-23H,3-6,14H2,1-2H3,(H,31,34)(H2,32,33,35). The van der Waals surface area contributed by atoms with E-state index in [0.717, 1.165) is 36.4 Å². The molecule has 1 aromatic heterocycles. The molecule has 2 unspecified atom stereocenters. The first kappa shape index (κ1) is 27.2. The Morgan fingerprint density at radius 3 is 2.43 bits per heavy atom. The van der Waals surface area contributed by atoms with Gasteiger partial charge in [-0.3, -0.25) is 4.79 Å². The van der Waals surface area contributed by atoms with E-state index < -0.39 is 0 Å². The number of nitrogens with zero attached hydrogens (tertiary/aromatic N) is 1. The van der Waals surface area contributed by atoms with Crippen LogP contribution in [0.15, 0.2) is 47.8 Å². The monoisotopic (exact) mass is 560 g/mol. The van der Waals surface area contributed by atoms with Gasteiger partial charge >= 0.3 is 6.03 Å². The zero-order valence-electron chi connectivity index (χ0n) is 20.7. The zero-order chi connectivity index (χ0) is 26.4. The van der Waals surface area contributed by atoms with Crippen molar-refractivity contribution in [2.24, 2.45) is 0 Å². The molecular formula is C27H30Cl2N4O3S. The molecule has 0 radical (unpaired) electrons. The van der Waals surface area contributed by atoms with Crippen molar-refractivity contribution in [1.29, 1.82) is 0 Å². The molecule has 0 spiro atoms. The number of urea groups is 1. The van der Waals surface area contributed by atoms with Gasteiger partial charge in [-0.2, -0.15) is 0 Å². The van der Waals surface area contributed by atoms with Gasteiger partial charge in [0.25, 0.3) is 5.91 Å². The molecule has 2 atom stereocenters. The number of nitrogens with one attached hydrogen (secondary N) is 3. The number of hydrogen-bond acceptors (Lipinski definition) is 5. The Hall–Kier alpha value is -2.81. The quantitative estimate of drug-likeness (QED) is 0.276. The molecule has 3 N–H and O–H groups in total. The van der Waals surface area contributed by atoms with Gasteiger partial charge < -0.3 is 20.7 Å². The van der Waals surface area contributed by atoms with E-state index in [9.17, 15) is 9.59 Å². The maximum Gasteiger partial charge on any atom is 0.319 e. The fraction of sp³-hybridized carbons (Fsp3) is 0.370. The van der Waals surface area contributed by atoms with Crippen LogP contribution in [0.2, 0.25) is 10.0 Å². The molecule has 2 aromatic carbocycles. The summed E-state index contributed by atoms with van der Waals surface area (Å²) in [4.78, 5) is 30.0. The average Bonchev–Trinajstić information content (AvgIpc) is 3.35. The van der Waals surface area contributed by atoms with Crippen LogP contribution >= 0.6 is 34.5 Å². The number of ether oxygens (including phenoxy) is 1. The number of halogens is 2. The Bertz CT molecular complexity index is 1230. The Labute approximate surface area is 230 Å². The number of carbonyl (C=O) groups is 2. The van der Waals surface area contributed by atoms with Gasteiger partial charge in [-0.05, 0) is 54.7 Å². The molecule has 3 amide bonds. The molecule has 0 saturated heterocycles. The van der Waals surface area contributed by atoms with E-state index in [-0.39, 0.29) is 24.0 Å². The highest BCUT2D eigenvalue weighted by atomic mass is 35.5. The van der Waals surface area contributed by atoms with Gasteiger partial charge in [-0.25, -0.2) is 9.78 Å². The van der Waals surface area contributed by atoms with Crippen molar-refractivity contribution in [3.63, 3.8) is 0 Å². The van der Waals surface area contributed by atoms with E-state index >= 15 is 0 Å². The lowest BCUT2D eigenvalue weighted by molar-refractivity contribution is 0.0911. The first-order valence-electron chi connectivity index (χ1n) is 12.3. The van der Waals surface area contributed by atoms with Crippen LogP contribution in [0.25, 0.3) is 0 Å². The topological polar surface area (TPSA) is 92.3 Å². The molecule has 3 aromatic rings. The minimum atomic E-state index is -0.384. The van der Waals surface area contributed by atoms with Crippen LogP contribution in [0.3, 0.4) is 0 Å². The summed E-state index contributed by atoms with van der Waals surface area (Å²) < 4.78 is 5.84. The second-order valence-electron chi connectivity index (χ2n) is 9.33. The second-order valence-corrected chi connectivity index (χ2v) is 11.1. The molecule has 196 valence electrons. The van der Waals surface area contributed by atoms with Gasteiger partial charge in [0.15, 0.2) is 0 Å². The van der Waals surface area contributed by atoms with Gasteiger partial charge in [0.1, 0.15) is 23.1 Å². The van der Waals surface area contributed by atoms with Gasteiger partial charge in [-0.1, -0.05) is 62.0 Å².